The molecule has 7 heteroatoms. The van der Waals surface area contributed by atoms with Crippen LogP contribution in [-0.4, -0.2) is 9.97 Å². The fourth-order valence-electron chi connectivity index (χ4n) is 2.07. The number of benzene rings is 2. The van der Waals surface area contributed by atoms with E-state index in [1.165, 1.54) is 18.2 Å². The lowest BCUT2D eigenvalue weighted by Crippen LogP contribution is -2.07. The number of imidazole rings is 1. The number of aromatic nitrogens is 2. The number of nitrogens with one attached hydrogen (secondary N) is 1. The first kappa shape index (κ1) is 13.5. The molecule has 0 saturated heterocycles. The van der Waals surface area contributed by atoms with Crippen molar-refractivity contribution in [3.63, 3.8) is 0 Å². The van der Waals surface area contributed by atoms with Crippen molar-refractivity contribution in [2.45, 2.75) is 6.18 Å². The van der Waals surface area contributed by atoms with Gasteiger partial charge >= 0.3 is 6.18 Å². The van der Waals surface area contributed by atoms with Crippen LogP contribution in [0.3, 0.4) is 0 Å². The highest BCUT2D eigenvalue weighted by Gasteiger charge is 2.34. The molecular formula is C14H7F5N2. The molecule has 0 fully saturated rings. The Bertz CT molecular complexity index is 781. The fraction of sp³-hybridized carbons (Fsp3) is 0.0714. The monoisotopic (exact) mass is 298 g/mol. The van der Waals surface area contributed by atoms with Crippen LogP contribution in [0.4, 0.5) is 22.0 Å². The zero-order valence-electron chi connectivity index (χ0n) is 10.3. The van der Waals surface area contributed by atoms with Crippen molar-refractivity contribution >= 4 is 11.0 Å². The van der Waals surface area contributed by atoms with Crippen molar-refractivity contribution in [1.82, 2.24) is 9.97 Å². The average molecular weight is 298 g/mol. The van der Waals surface area contributed by atoms with Crippen molar-refractivity contribution in [2.75, 3.05) is 0 Å². The largest absolute Gasteiger partial charge is 0.417 e. The second kappa shape index (κ2) is 4.54. The Labute approximate surface area is 115 Å². The summed E-state index contributed by atoms with van der Waals surface area (Å²) in [5.74, 6) is -2.30. The van der Waals surface area contributed by atoms with Crippen LogP contribution < -0.4 is 0 Å². The van der Waals surface area contributed by atoms with Gasteiger partial charge in [-0.3, -0.25) is 0 Å². The lowest BCUT2D eigenvalue weighted by atomic mass is 10.1. The summed E-state index contributed by atoms with van der Waals surface area (Å²) in [5, 5.41) is 0. The van der Waals surface area contributed by atoms with Crippen molar-refractivity contribution in [3.8, 4) is 11.4 Å². The average Bonchev–Trinajstić information content (AvgIpc) is 2.81. The van der Waals surface area contributed by atoms with Gasteiger partial charge in [0, 0.05) is 17.7 Å². The zero-order valence-corrected chi connectivity index (χ0v) is 10.3. The fourth-order valence-corrected chi connectivity index (χ4v) is 2.07. The van der Waals surface area contributed by atoms with Gasteiger partial charge in [0.25, 0.3) is 0 Å². The van der Waals surface area contributed by atoms with Crippen LogP contribution >= 0.6 is 0 Å². The SMILES string of the molecule is Fc1cc2nc(-c3ccccc3C(F)(F)F)[nH]c2cc1F. The first-order valence-electron chi connectivity index (χ1n) is 5.87. The third kappa shape index (κ3) is 2.35. The normalized spacial score (nSPS) is 12.0. The molecular weight excluding hydrogens is 291 g/mol. The summed E-state index contributed by atoms with van der Waals surface area (Å²) in [7, 11) is 0. The molecule has 0 unspecified atom stereocenters. The van der Waals surface area contributed by atoms with Crippen LogP contribution in [0.2, 0.25) is 0 Å². The molecule has 3 aromatic rings. The molecule has 0 saturated carbocycles. The van der Waals surface area contributed by atoms with Gasteiger partial charge in [0.1, 0.15) is 5.82 Å². The van der Waals surface area contributed by atoms with E-state index in [0.717, 1.165) is 18.2 Å². The van der Waals surface area contributed by atoms with E-state index in [1.54, 1.807) is 0 Å². The summed E-state index contributed by atoms with van der Waals surface area (Å²) in [6.45, 7) is 0. The van der Waals surface area contributed by atoms with E-state index in [9.17, 15) is 22.0 Å². The Morgan fingerprint density at radius 3 is 2.33 bits per heavy atom. The number of rotatable bonds is 1. The third-order valence-electron chi connectivity index (χ3n) is 3.01. The summed E-state index contributed by atoms with van der Waals surface area (Å²) in [6.07, 6.45) is -4.55. The highest BCUT2D eigenvalue weighted by atomic mass is 19.4. The Morgan fingerprint density at radius 1 is 0.952 bits per heavy atom. The molecule has 1 aromatic heterocycles. The van der Waals surface area contributed by atoms with Crippen LogP contribution in [0.15, 0.2) is 36.4 Å². The lowest BCUT2D eigenvalue weighted by Gasteiger charge is -2.10. The Hall–Kier alpha value is -2.44. The Kier molecular flexibility index (Phi) is 2.93. The zero-order chi connectivity index (χ0) is 15.2. The summed E-state index contributed by atoms with van der Waals surface area (Å²) in [4.78, 5) is 6.47. The molecule has 21 heavy (non-hydrogen) atoms. The first-order valence-corrected chi connectivity index (χ1v) is 5.87. The maximum absolute atomic E-state index is 13.1. The van der Waals surface area contributed by atoms with E-state index >= 15 is 0 Å². The molecule has 108 valence electrons. The molecule has 0 radical (unpaired) electrons. The van der Waals surface area contributed by atoms with E-state index in [2.05, 4.69) is 9.97 Å². The molecule has 1 heterocycles. The van der Waals surface area contributed by atoms with E-state index in [1.807, 2.05) is 0 Å². The van der Waals surface area contributed by atoms with Gasteiger partial charge in [-0.05, 0) is 6.07 Å². The van der Waals surface area contributed by atoms with Gasteiger partial charge in [0.05, 0.1) is 16.6 Å². The second-order valence-corrected chi connectivity index (χ2v) is 4.41. The smallest absolute Gasteiger partial charge is 0.338 e. The highest BCUT2D eigenvalue weighted by Crippen LogP contribution is 2.36. The Balaban J connectivity index is 2.22. The molecule has 0 atom stereocenters. The summed E-state index contributed by atoms with van der Waals surface area (Å²) < 4.78 is 65.1. The quantitative estimate of drug-likeness (QED) is 0.657. The molecule has 3 rings (SSSR count). The number of halogens is 5. The van der Waals surface area contributed by atoms with Crippen LogP contribution in [0, 0.1) is 11.6 Å². The second-order valence-electron chi connectivity index (χ2n) is 4.41. The molecule has 2 aromatic carbocycles. The number of H-pyrrole nitrogens is 1. The number of aromatic amines is 1. The van der Waals surface area contributed by atoms with E-state index in [-0.39, 0.29) is 22.4 Å². The Morgan fingerprint density at radius 2 is 1.62 bits per heavy atom. The number of alkyl halides is 3. The summed E-state index contributed by atoms with van der Waals surface area (Å²) >= 11 is 0. The molecule has 1 N–H and O–H groups in total. The molecule has 0 aliphatic carbocycles. The predicted molar refractivity (Wildman–Crippen MR) is 66.4 cm³/mol. The van der Waals surface area contributed by atoms with Gasteiger partial charge in [-0.15, -0.1) is 0 Å². The van der Waals surface area contributed by atoms with Gasteiger partial charge in [0.2, 0.25) is 0 Å². The van der Waals surface area contributed by atoms with Crippen LogP contribution in [0.5, 0.6) is 0 Å². The van der Waals surface area contributed by atoms with Gasteiger partial charge in [-0.1, -0.05) is 18.2 Å². The number of nitrogens with zero attached hydrogens (tertiary/aromatic N) is 1. The highest BCUT2D eigenvalue weighted by molar-refractivity contribution is 5.80. The van der Waals surface area contributed by atoms with Gasteiger partial charge in [0.15, 0.2) is 11.6 Å². The van der Waals surface area contributed by atoms with Gasteiger partial charge in [-0.25, -0.2) is 13.8 Å². The third-order valence-corrected chi connectivity index (χ3v) is 3.01. The van der Waals surface area contributed by atoms with Crippen molar-refractivity contribution in [3.05, 3.63) is 53.6 Å². The number of fused-ring (bicyclic) bond motifs is 1. The first-order chi connectivity index (χ1) is 9.86. The molecule has 0 aliphatic heterocycles. The molecule has 0 spiro atoms. The van der Waals surface area contributed by atoms with Crippen LogP contribution in [0.1, 0.15) is 5.56 Å². The topological polar surface area (TPSA) is 28.7 Å². The van der Waals surface area contributed by atoms with Gasteiger partial charge in [-0.2, -0.15) is 13.2 Å². The van der Waals surface area contributed by atoms with E-state index < -0.39 is 23.4 Å². The van der Waals surface area contributed by atoms with Crippen LogP contribution in [-0.2, 0) is 6.18 Å². The predicted octanol–water partition coefficient (Wildman–Crippen LogP) is 4.53. The lowest BCUT2D eigenvalue weighted by molar-refractivity contribution is -0.137. The van der Waals surface area contributed by atoms with Crippen LogP contribution in [0.25, 0.3) is 22.4 Å². The number of hydrogen-bond donors (Lipinski definition) is 1. The maximum Gasteiger partial charge on any atom is 0.417 e. The molecule has 0 aliphatic rings. The molecule has 2 nitrogen and oxygen atoms in total. The standard InChI is InChI=1S/C14H7F5N2/c15-9-5-11-12(6-10(9)16)21-13(20-11)7-3-1-2-4-8(7)14(17,18)19/h1-6H,(H,20,21). The van der Waals surface area contributed by atoms with E-state index in [4.69, 9.17) is 0 Å². The minimum Gasteiger partial charge on any atom is -0.338 e. The van der Waals surface area contributed by atoms with Crippen molar-refractivity contribution in [2.24, 2.45) is 0 Å². The summed E-state index contributed by atoms with van der Waals surface area (Å²) in [6, 6.07) is 6.54. The minimum atomic E-state index is -4.55. The molecule has 0 bridgehead atoms. The minimum absolute atomic E-state index is 0.0564. The van der Waals surface area contributed by atoms with Crippen molar-refractivity contribution < 1.29 is 22.0 Å². The van der Waals surface area contributed by atoms with Gasteiger partial charge < -0.3 is 4.98 Å². The molecule has 0 amide bonds. The van der Waals surface area contributed by atoms with Crippen molar-refractivity contribution in [1.29, 1.82) is 0 Å². The maximum atomic E-state index is 13.1. The van der Waals surface area contributed by atoms with E-state index in [0.29, 0.717) is 0 Å². The number of hydrogen-bond acceptors (Lipinski definition) is 1. The summed E-state index contributed by atoms with van der Waals surface area (Å²) in [5.41, 5.74) is -0.867.